The van der Waals surface area contributed by atoms with Crippen LogP contribution in [0.2, 0.25) is 0 Å². The van der Waals surface area contributed by atoms with Crippen LogP contribution >= 0.6 is 6.89 Å². The second kappa shape index (κ2) is 9.34. The average molecular weight is 390 g/mol. The highest BCUT2D eigenvalue weighted by Crippen LogP contribution is 2.43. The molecule has 0 N–H and O–H groups in total. The van der Waals surface area contributed by atoms with Gasteiger partial charge in [-0.2, -0.15) is 0 Å². The van der Waals surface area contributed by atoms with Crippen molar-refractivity contribution in [3.8, 4) is 0 Å². The average Bonchev–Trinajstić information content (AvgIpc) is 2.77. The third kappa shape index (κ3) is 4.32. The van der Waals surface area contributed by atoms with Crippen molar-refractivity contribution in [3.63, 3.8) is 0 Å². The van der Waals surface area contributed by atoms with Gasteiger partial charge in [-0.15, -0.1) is 0 Å². The number of hydrogen-bond acceptors (Lipinski definition) is 3. The van der Waals surface area contributed by atoms with Gasteiger partial charge in [0.05, 0.1) is 13.5 Å². The van der Waals surface area contributed by atoms with Gasteiger partial charge >= 0.3 is 5.97 Å². The van der Waals surface area contributed by atoms with Crippen LogP contribution in [0, 0.1) is 0 Å². The minimum absolute atomic E-state index is 0.0460. The van der Waals surface area contributed by atoms with E-state index in [1.54, 1.807) is 0 Å². The van der Waals surface area contributed by atoms with Gasteiger partial charge in [0, 0.05) is 6.42 Å². The first-order valence-electron chi connectivity index (χ1n) is 9.18. The molecule has 0 saturated carbocycles. The summed E-state index contributed by atoms with van der Waals surface area (Å²) in [6.07, 6.45) is 0.227. The molecule has 0 radical (unpaired) electrons. The van der Waals surface area contributed by atoms with Crippen molar-refractivity contribution in [2.24, 2.45) is 0 Å². The summed E-state index contributed by atoms with van der Waals surface area (Å²) in [5, 5.41) is 3.33. The molecule has 0 aliphatic rings. The lowest BCUT2D eigenvalue weighted by Crippen LogP contribution is -2.28. The monoisotopic (exact) mass is 390 g/mol. The van der Waals surface area contributed by atoms with Crippen LogP contribution in [0.1, 0.15) is 12.8 Å². The SMILES string of the molecule is COC(=O)CCC(=O)C=P(c1ccccc1)(c1ccccc1)c1ccccc1. The van der Waals surface area contributed by atoms with Gasteiger partial charge in [0.2, 0.25) is 0 Å². The van der Waals surface area contributed by atoms with Crippen LogP contribution in [0.3, 0.4) is 0 Å². The van der Waals surface area contributed by atoms with E-state index in [0.717, 1.165) is 15.9 Å². The number of benzene rings is 3. The van der Waals surface area contributed by atoms with Crippen molar-refractivity contribution in [3.05, 3.63) is 91.0 Å². The van der Waals surface area contributed by atoms with E-state index < -0.39 is 6.89 Å². The fourth-order valence-corrected chi connectivity index (χ4v) is 7.10. The maximum absolute atomic E-state index is 13.0. The zero-order chi connectivity index (χ0) is 19.8. The second-order valence-corrected chi connectivity index (χ2v) is 9.65. The Morgan fingerprint density at radius 2 is 1.11 bits per heavy atom. The molecular formula is C24H23O3P. The largest absolute Gasteiger partial charge is 0.469 e. The number of esters is 1. The van der Waals surface area contributed by atoms with Crippen LogP contribution in [0.15, 0.2) is 91.0 Å². The summed E-state index contributed by atoms with van der Waals surface area (Å²) < 4.78 is 4.69. The smallest absolute Gasteiger partial charge is 0.305 e. The summed E-state index contributed by atoms with van der Waals surface area (Å²) in [6, 6.07) is 30.4. The molecule has 142 valence electrons. The van der Waals surface area contributed by atoms with Crippen LogP contribution < -0.4 is 15.9 Å². The standard InChI is InChI=1S/C24H23O3P/c1-27-24(26)18-17-20(25)19-28(21-11-5-2-6-12-21,22-13-7-3-8-14-22)23-15-9-4-10-16-23/h2-16,19H,17-18H2,1H3. The Morgan fingerprint density at radius 3 is 1.46 bits per heavy atom. The maximum Gasteiger partial charge on any atom is 0.305 e. The lowest BCUT2D eigenvalue weighted by molar-refractivity contribution is -0.141. The molecule has 0 fully saturated rings. The summed E-state index contributed by atoms with van der Waals surface area (Å²) in [5.41, 5.74) is 0. The molecule has 3 rings (SSSR count). The van der Waals surface area contributed by atoms with Crippen LogP contribution in [-0.2, 0) is 14.3 Å². The quantitative estimate of drug-likeness (QED) is 0.459. The normalized spacial score (nSPS) is 10.9. The van der Waals surface area contributed by atoms with Gasteiger partial charge in [0.15, 0.2) is 5.78 Å². The van der Waals surface area contributed by atoms with E-state index >= 15 is 0 Å². The van der Waals surface area contributed by atoms with Gasteiger partial charge in [-0.1, -0.05) is 91.0 Å². The molecule has 4 heteroatoms. The number of Topliss-reactive ketones (excluding diaryl/α,β-unsaturated/α-hetero) is 1. The van der Waals surface area contributed by atoms with Gasteiger partial charge in [-0.3, -0.25) is 9.59 Å². The minimum Gasteiger partial charge on any atom is -0.469 e. The highest BCUT2D eigenvalue weighted by Gasteiger charge is 2.26. The molecule has 0 bridgehead atoms. The third-order valence-corrected chi connectivity index (χ3v) is 8.64. The number of hydrogen-bond donors (Lipinski definition) is 0. The highest BCUT2D eigenvalue weighted by molar-refractivity contribution is 7.95. The summed E-state index contributed by atoms with van der Waals surface area (Å²) in [4.78, 5) is 24.5. The topological polar surface area (TPSA) is 43.4 Å². The Hall–Kier alpha value is -2.90. The molecule has 0 spiro atoms. The van der Waals surface area contributed by atoms with Gasteiger partial charge in [-0.25, -0.2) is 0 Å². The van der Waals surface area contributed by atoms with E-state index in [1.807, 2.05) is 60.4 Å². The van der Waals surface area contributed by atoms with E-state index in [-0.39, 0.29) is 24.6 Å². The molecule has 28 heavy (non-hydrogen) atoms. The van der Waals surface area contributed by atoms with Crippen molar-refractivity contribution in [1.82, 2.24) is 0 Å². The van der Waals surface area contributed by atoms with Gasteiger partial charge in [-0.05, 0) is 28.6 Å². The number of carbonyl (C=O) groups is 2. The maximum atomic E-state index is 13.0. The molecule has 0 saturated heterocycles. The first kappa shape index (κ1) is 19.9. The molecule has 0 atom stereocenters. The zero-order valence-electron chi connectivity index (χ0n) is 15.8. The highest BCUT2D eigenvalue weighted by atomic mass is 31.2. The summed E-state index contributed by atoms with van der Waals surface area (Å²) in [5.74, 6) is 1.44. The second-order valence-electron chi connectivity index (χ2n) is 6.40. The van der Waals surface area contributed by atoms with Crippen LogP contribution in [0.25, 0.3) is 0 Å². The lowest BCUT2D eigenvalue weighted by atomic mass is 10.2. The molecule has 0 amide bonds. The Bertz CT molecular complexity index is 877. The Labute approximate surface area is 166 Å². The molecule has 0 heterocycles. The number of rotatable bonds is 7. The van der Waals surface area contributed by atoms with Crippen LogP contribution in [-0.4, -0.2) is 24.7 Å². The summed E-state index contributed by atoms with van der Waals surface area (Å²) in [7, 11) is 1.34. The van der Waals surface area contributed by atoms with Crippen molar-refractivity contribution < 1.29 is 14.3 Å². The van der Waals surface area contributed by atoms with Crippen molar-refractivity contribution in [2.45, 2.75) is 12.8 Å². The first-order chi connectivity index (χ1) is 13.7. The molecule has 0 aliphatic heterocycles. The fourth-order valence-electron chi connectivity index (χ4n) is 3.27. The van der Waals surface area contributed by atoms with E-state index in [9.17, 15) is 9.59 Å². The van der Waals surface area contributed by atoms with Gasteiger partial charge in [0.25, 0.3) is 0 Å². The Balaban J connectivity index is 2.24. The number of methoxy groups -OCH3 is 1. The minimum atomic E-state index is -2.30. The van der Waals surface area contributed by atoms with E-state index in [0.29, 0.717) is 0 Å². The molecule has 0 aromatic heterocycles. The number of ether oxygens (including phenoxy) is 1. The van der Waals surface area contributed by atoms with E-state index in [1.165, 1.54) is 7.11 Å². The third-order valence-electron chi connectivity index (χ3n) is 4.63. The predicted molar refractivity (Wildman–Crippen MR) is 117 cm³/mol. The molecule has 3 nitrogen and oxygen atoms in total. The van der Waals surface area contributed by atoms with E-state index in [4.69, 9.17) is 0 Å². The molecule has 3 aromatic rings. The van der Waals surface area contributed by atoms with Crippen LogP contribution in [0.4, 0.5) is 0 Å². The Kier molecular flexibility index (Phi) is 6.62. The van der Waals surface area contributed by atoms with Crippen LogP contribution in [0.5, 0.6) is 0 Å². The summed E-state index contributed by atoms with van der Waals surface area (Å²) >= 11 is 0. The van der Waals surface area contributed by atoms with Crippen molar-refractivity contribution >= 4 is 40.3 Å². The van der Waals surface area contributed by atoms with Crippen molar-refractivity contribution in [2.75, 3.05) is 7.11 Å². The number of ketones is 1. The molecule has 0 aliphatic carbocycles. The molecule has 0 unspecified atom stereocenters. The van der Waals surface area contributed by atoms with Gasteiger partial charge < -0.3 is 4.74 Å². The Morgan fingerprint density at radius 1 is 0.714 bits per heavy atom. The fraction of sp³-hybridized carbons (Fsp3) is 0.125. The lowest BCUT2D eigenvalue weighted by Gasteiger charge is -2.28. The molecule has 3 aromatic carbocycles. The summed E-state index contributed by atoms with van der Waals surface area (Å²) in [6.45, 7) is -2.30. The molecular weight excluding hydrogens is 367 g/mol. The number of carbonyl (C=O) groups excluding carboxylic acids is 2. The zero-order valence-corrected chi connectivity index (χ0v) is 16.7. The van der Waals surface area contributed by atoms with Gasteiger partial charge in [0.1, 0.15) is 0 Å². The predicted octanol–water partition coefficient (Wildman–Crippen LogP) is 3.31. The van der Waals surface area contributed by atoms with Crippen molar-refractivity contribution in [1.29, 1.82) is 0 Å². The van der Waals surface area contributed by atoms with E-state index in [2.05, 4.69) is 41.1 Å². The first-order valence-corrected chi connectivity index (χ1v) is 11.0.